The molecule has 1 aliphatic heterocycles. The Balaban J connectivity index is 2.05. The van der Waals surface area contributed by atoms with Gasteiger partial charge in [-0.3, -0.25) is 0 Å². The summed E-state index contributed by atoms with van der Waals surface area (Å²) in [4.78, 5) is 0. The van der Waals surface area contributed by atoms with Crippen molar-refractivity contribution in [3.63, 3.8) is 0 Å². The van der Waals surface area contributed by atoms with Crippen LogP contribution in [0.2, 0.25) is 0 Å². The van der Waals surface area contributed by atoms with Gasteiger partial charge in [0.1, 0.15) is 0 Å². The Labute approximate surface area is 55.5 Å². The van der Waals surface area contributed by atoms with Crippen LogP contribution < -0.4 is 11.2 Å². The summed E-state index contributed by atoms with van der Waals surface area (Å²) in [5, 5.41) is 2.06. The third kappa shape index (κ3) is 2.03. The molecule has 1 rings (SSSR count). The minimum absolute atomic E-state index is 0.770. The molecule has 52 valence electrons. The molecule has 0 unspecified atom stereocenters. The van der Waals surface area contributed by atoms with Gasteiger partial charge in [0, 0.05) is 19.3 Å². The molecule has 1 aliphatic rings. The van der Waals surface area contributed by atoms with E-state index in [1.54, 1.807) is 0 Å². The Morgan fingerprint density at radius 1 is 1.67 bits per heavy atom. The van der Waals surface area contributed by atoms with E-state index in [1.807, 2.05) is 0 Å². The van der Waals surface area contributed by atoms with Gasteiger partial charge in [-0.15, -0.1) is 0 Å². The standard InChI is InChI=1S/C6H13N3/c7-3-1-5-9-6-2-4-8-9/h2,6,8H,1,3-5,7H2. The maximum Gasteiger partial charge on any atom is 0.0349 e. The fraction of sp³-hybridized carbons (Fsp3) is 0.667. The summed E-state index contributed by atoms with van der Waals surface area (Å²) in [6.45, 7) is 2.75. The van der Waals surface area contributed by atoms with Gasteiger partial charge in [-0.1, -0.05) is 6.08 Å². The zero-order valence-corrected chi connectivity index (χ0v) is 5.51. The van der Waals surface area contributed by atoms with Crippen LogP contribution >= 0.6 is 0 Å². The van der Waals surface area contributed by atoms with Crippen molar-refractivity contribution < 1.29 is 0 Å². The first kappa shape index (κ1) is 6.58. The normalized spacial score (nSPS) is 17.2. The lowest BCUT2D eigenvalue weighted by atomic mass is 10.4. The first-order valence-electron chi connectivity index (χ1n) is 3.30. The van der Waals surface area contributed by atoms with Crippen LogP contribution in [0, 0.1) is 0 Å². The van der Waals surface area contributed by atoms with E-state index >= 15 is 0 Å². The highest BCUT2D eigenvalue weighted by Crippen LogP contribution is 1.92. The summed E-state index contributed by atoms with van der Waals surface area (Å²) < 4.78 is 0. The molecular weight excluding hydrogens is 114 g/mol. The maximum absolute atomic E-state index is 5.33. The van der Waals surface area contributed by atoms with Gasteiger partial charge in [-0.25, -0.2) is 5.43 Å². The molecule has 0 aromatic carbocycles. The summed E-state index contributed by atoms with van der Waals surface area (Å²) in [5.41, 5.74) is 8.49. The Bertz CT molecular complexity index is 100. The molecule has 3 nitrogen and oxygen atoms in total. The molecule has 0 saturated heterocycles. The van der Waals surface area contributed by atoms with E-state index < -0.39 is 0 Å². The van der Waals surface area contributed by atoms with Crippen LogP contribution in [0.4, 0.5) is 0 Å². The van der Waals surface area contributed by atoms with Gasteiger partial charge >= 0.3 is 0 Å². The minimum Gasteiger partial charge on any atom is -0.330 e. The Morgan fingerprint density at radius 3 is 3.11 bits per heavy atom. The monoisotopic (exact) mass is 127 g/mol. The number of hydrogen-bond acceptors (Lipinski definition) is 3. The SMILES string of the molecule is NCCCN1C=CCN1. The number of hydrazine groups is 1. The predicted molar refractivity (Wildman–Crippen MR) is 37.5 cm³/mol. The van der Waals surface area contributed by atoms with E-state index in [4.69, 9.17) is 5.73 Å². The molecule has 0 radical (unpaired) electrons. The van der Waals surface area contributed by atoms with Crippen molar-refractivity contribution in [1.82, 2.24) is 10.4 Å². The molecule has 0 aliphatic carbocycles. The second kappa shape index (κ2) is 3.48. The smallest absolute Gasteiger partial charge is 0.0349 e. The first-order valence-corrected chi connectivity index (χ1v) is 3.30. The zero-order chi connectivity index (χ0) is 6.53. The fourth-order valence-electron chi connectivity index (χ4n) is 0.818. The second-order valence-electron chi connectivity index (χ2n) is 2.08. The van der Waals surface area contributed by atoms with Crippen LogP contribution in [-0.4, -0.2) is 24.6 Å². The van der Waals surface area contributed by atoms with Gasteiger partial charge in [0.05, 0.1) is 0 Å². The molecule has 0 bridgehead atoms. The van der Waals surface area contributed by atoms with Gasteiger partial charge in [-0.05, 0) is 13.0 Å². The highest BCUT2D eigenvalue weighted by Gasteiger charge is 1.99. The van der Waals surface area contributed by atoms with Crippen molar-refractivity contribution in [2.45, 2.75) is 6.42 Å². The minimum atomic E-state index is 0.770. The van der Waals surface area contributed by atoms with Crippen LogP contribution in [0.1, 0.15) is 6.42 Å². The molecule has 0 fully saturated rings. The molecule has 0 amide bonds. The molecule has 0 aromatic heterocycles. The molecule has 1 heterocycles. The van der Waals surface area contributed by atoms with Gasteiger partial charge in [0.2, 0.25) is 0 Å². The van der Waals surface area contributed by atoms with E-state index in [0.29, 0.717) is 0 Å². The first-order chi connectivity index (χ1) is 4.43. The lowest BCUT2D eigenvalue weighted by Gasteiger charge is -2.14. The zero-order valence-electron chi connectivity index (χ0n) is 5.51. The molecule has 0 aromatic rings. The average Bonchev–Trinajstić information content (AvgIpc) is 2.34. The Kier molecular flexibility index (Phi) is 2.54. The number of rotatable bonds is 3. The largest absolute Gasteiger partial charge is 0.330 e. The average molecular weight is 127 g/mol. The Morgan fingerprint density at radius 2 is 2.56 bits per heavy atom. The molecule has 3 N–H and O–H groups in total. The lowest BCUT2D eigenvalue weighted by molar-refractivity contribution is 0.304. The number of nitrogens with two attached hydrogens (primary N) is 1. The van der Waals surface area contributed by atoms with Gasteiger partial charge in [0.15, 0.2) is 0 Å². The summed E-state index contributed by atoms with van der Waals surface area (Å²) in [7, 11) is 0. The summed E-state index contributed by atoms with van der Waals surface area (Å²) >= 11 is 0. The molecule has 3 heteroatoms. The van der Waals surface area contributed by atoms with E-state index in [2.05, 4.69) is 22.7 Å². The molecule has 0 atom stereocenters. The van der Waals surface area contributed by atoms with Crippen molar-refractivity contribution in [2.75, 3.05) is 19.6 Å². The van der Waals surface area contributed by atoms with Crippen molar-refractivity contribution in [3.05, 3.63) is 12.3 Å². The lowest BCUT2D eigenvalue weighted by Crippen LogP contribution is -2.30. The van der Waals surface area contributed by atoms with E-state index in [9.17, 15) is 0 Å². The number of nitrogens with one attached hydrogen (secondary N) is 1. The van der Waals surface area contributed by atoms with Gasteiger partial charge in [-0.2, -0.15) is 0 Å². The van der Waals surface area contributed by atoms with Gasteiger partial charge in [0.25, 0.3) is 0 Å². The van der Waals surface area contributed by atoms with E-state index in [0.717, 1.165) is 26.1 Å². The summed E-state index contributed by atoms with van der Waals surface area (Å²) in [6.07, 6.45) is 5.20. The van der Waals surface area contributed by atoms with Crippen molar-refractivity contribution in [3.8, 4) is 0 Å². The fourth-order valence-corrected chi connectivity index (χ4v) is 0.818. The van der Waals surface area contributed by atoms with Crippen molar-refractivity contribution >= 4 is 0 Å². The van der Waals surface area contributed by atoms with Crippen LogP contribution in [-0.2, 0) is 0 Å². The van der Waals surface area contributed by atoms with Crippen molar-refractivity contribution in [1.29, 1.82) is 0 Å². The molecule has 9 heavy (non-hydrogen) atoms. The second-order valence-corrected chi connectivity index (χ2v) is 2.08. The number of hydrogen-bond donors (Lipinski definition) is 2. The third-order valence-corrected chi connectivity index (χ3v) is 1.30. The Hall–Kier alpha value is -0.540. The maximum atomic E-state index is 5.33. The van der Waals surface area contributed by atoms with Crippen LogP contribution in [0.25, 0.3) is 0 Å². The number of nitrogens with zero attached hydrogens (tertiary/aromatic N) is 1. The third-order valence-electron chi connectivity index (χ3n) is 1.30. The predicted octanol–water partition coefficient (Wildman–Crippen LogP) is -0.331. The molecule has 0 spiro atoms. The molecular formula is C6H13N3. The van der Waals surface area contributed by atoms with E-state index in [-0.39, 0.29) is 0 Å². The summed E-state index contributed by atoms with van der Waals surface area (Å²) in [5.74, 6) is 0. The quantitative estimate of drug-likeness (QED) is 0.545. The van der Waals surface area contributed by atoms with Crippen LogP contribution in [0.3, 0.4) is 0 Å². The van der Waals surface area contributed by atoms with Crippen LogP contribution in [0.15, 0.2) is 12.3 Å². The topological polar surface area (TPSA) is 41.3 Å². The molecule has 0 saturated carbocycles. The van der Waals surface area contributed by atoms with Crippen molar-refractivity contribution in [2.24, 2.45) is 5.73 Å². The van der Waals surface area contributed by atoms with Gasteiger partial charge < -0.3 is 10.7 Å². The van der Waals surface area contributed by atoms with Crippen LogP contribution in [0.5, 0.6) is 0 Å². The highest BCUT2D eigenvalue weighted by molar-refractivity contribution is 4.88. The van der Waals surface area contributed by atoms with E-state index in [1.165, 1.54) is 0 Å². The summed E-state index contributed by atoms with van der Waals surface area (Å²) in [6, 6.07) is 0. The highest BCUT2D eigenvalue weighted by atomic mass is 15.5.